The number of rotatable bonds is 5. The average molecular weight is 370 g/mol. The lowest BCUT2D eigenvalue weighted by Crippen LogP contribution is -2.23. The molecule has 3 N–H and O–H groups in total. The van der Waals surface area contributed by atoms with E-state index < -0.39 is 0 Å². The van der Waals surface area contributed by atoms with Crippen LogP contribution in [-0.2, 0) is 11.3 Å². The van der Waals surface area contributed by atoms with Crippen LogP contribution in [0.25, 0.3) is 17.2 Å². The van der Waals surface area contributed by atoms with Crippen LogP contribution in [0.1, 0.15) is 29.2 Å². The second-order valence-electron chi connectivity index (χ2n) is 7.14. The number of carbonyl (C=O) groups is 1. The summed E-state index contributed by atoms with van der Waals surface area (Å²) in [6.45, 7) is 6.54. The first-order valence-electron chi connectivity index (χ1n) is 9.41. The van der Waals surface area contributed by atoms with E-state index in [0.717, 1.165) is 27.9 Å². The number of aryl methyl sites for hydroxylation is 2. The molecule has 3 rings (SSSR count). The van der Waals surface area contributed by atoms with Crippen LogP contribution < -0.4 is 11.1 Å². The molecule has 0 aliphatic carbocycles. The maximum atomic E-state index is 12.4. The zero-order valence-corrected chi connectivity index (χ0v) is 16.6. The average Bonchev–Trinajstić information content (AvgIpc) is 2.70. The number of carbonyl (C=O) groups excluding carboxylic acids is 1. The van der Waals surface area contributed by atoms with Gasteiger partial charge < -0.3 is 11.1 Å². The van der Waals surface area contributed by atoms with Gasteiger partial charge in [0.25, 0.3) is 0 Å². The van der Waals surface area contributed by atoms with E-state index >= 15 is 0 Å². The fraction of sp³-hybridized carbons (Fsp3) is 0.160. The first-order valence-corrected chi connectivity index (χ1v) is 9.41. The van der Waals surface area contributed by atoms with Crippen LogP contribution in [0.4, 0.5) is 5.69 Å². The molecule has 3 aromatic carbocycles. The Hall–Kier alpha value is -3.33. The smallest absolute Gasteiger partial charge is 0.247 e. The molecule has 0 radical (unpaired) electrons. The van der Waals surface area contributed by atoms with Gasteiger partial charge in [-0.3, -0.25) is 4.79 Å². The lowest BCUT2D eigenvalue weighted by molar-refractivity contribution is -0.117. The van der Waals surface area contributed by atoms with Crippen molar-refractivity contribution in [1.82, 2.24) is 5.32 Å². The Kier molecular flexibility index (Phi) is 5.95. The van der Waals surface area contributed by atoms with Gasteiger partial charge in [0.1, 0.15) is 0 Å². The van der Waals surface area contributed by atoms with Gasteiger partial charge in [0.05, 0.1) is 0 Å². The number of benzene rings is 3. The number of nitrogens with one attached hydrogen (secondary N) is 1. The molecule has 0 heterocycles. The number of amides is 1. The van der Waals surface area contributed by atoms with Crippen LogP contribution in [0.15, 0.2) is 72.3 Å². The SMILES string of the molecule is C/C(=C\c1cc(C)c(-c2ccc(N)cc2)cc1C)C(=O)NCc1ccccc1. The van der Waals surface area contributed by atoms with Crippen molar-refractivity contribution >= 4 is 17.7 Å². The second kappa shape index (κ2) is 8.57. The zero-order chi connectivity index (χ0) is 20.1. The minimum absolute atomic E-state index is 0.0523. The van der Waals surface area contributed by atoms with Crippen molar-refractivity contribution in [2.24, 2.45) is 0 Å². The van der Waals surface area contributed by atoms with E-state index in [9.17, 15) is 4.79 Å². The number of hydrogen-bond acceptors (Lipinski definition) is 2. The number of hydrogen-bond donors (Lipinski definition) is 2. The van der Waals surface area contributed by atoms with E-state index in [4.69, 9.17) is 5.73 Å². The first-order chi connectivity index (χ1) is 13.4. The third-order valence-electron chi connectivity index (χ3n) is 4.86. The fourth-order valence-electron chi connectivity index (χ4n) is 3.18. The Morgan fingerprint density at radius 3 is 2.32 bits per heavy atom. The van der Waals surface area contributed by atoms with Crippen molar-refractivity contribution in [1.29, 1.82) is 0 Å². The zero-order valence-electron chi connectivity index (χ0n) is 16.6. The molecule has 3 aromatic rings. The maximum absolute atomic E-state index is 12.4. The summed E-state index contributed by atoms with van der Waals surface area (Å²) in [7, 11) is 0. The van der Waals surface area contributed by atoms with Crippen LogP contribution in [0.3, 0.4) is 0 Å². The van der Waals surface area contributed by atoms with Gasteiger partial charge in [-0.05, 0) is 72.4 Å². The molecule has 0 aliphatic rings. The van der Waals surface area contributed by atoms with Crippen molar-refractivity contribution in [3.63, 3.8) is 0 Å². The van der Waals surface area contributed by atoms with Crippen LogP contribution in [0.5, 0.6) is 0 Å². The summed E-state index contributed by atoms with van der Waals surface area (Å²) in [4.78, 5) is 12.4. The molecule has 0 saturated heterocycles. The summed E-state index contributed by atoms with van der Waals surface area (Å²) < 4.78 is 0. The summed E-state index contributed by atoms with van der Waals surface area (Å²) in [6.07, 6.45) is 1.95. The van der Waals surface area contributed by atoms with Crippen molar-refractivity contribution in [3.05, 3.63) is 94.6 Å². The van der Waals surface area contributed by atoms with E-state index in [0.29, 0.717) is 12.1 Å². The molecule has 0 unspecified atom stereocenters. The van der Waals surface area contributed by atoms with Gasteiger partial charge in [-0.25, -0.2) is 0 Å². The van der Waals surface area contributed by atoms with Gasteiger partial charge in [-0.15, -0.1) is 0 Å². The van der Waals surface area contributed by atoms with Gasteiger partial charge >= 0.3 is 0 Å². The molecule has 1 amide bonds. The molecule has 28 heavy (non-hydrogen) atoms. The molecule has 0 aliphatic heterocycles. The highest BCUT2D eigenvalue weighted by Crippen LogP contribution is 2.28. The Morgan fingerprint density at radius 2 is 1.64 bits per heavy atom. The molecule has 0 saturated carbocycles. The minimum Gasteiger partial charge on any atom is -0.399 e. The summed E-state index contributed by atoms with van der Waals surface area (Å²) in [6, 6.07) is 22.1. The highest BCUT2D eigenvalue weighted by molar-refractivity contribution is 5.97. The molecule has 0 fully saturated rings. The Morgan fingerprint density at radius 1 is 0.964 bits per heavy atom. The molecule has 0 atom stereocenters. The predicted octanol–water partition coefficient (Wildman–Crippen LogP) is 5.27. The normalized spacial score (nSPS) is 11.3. The van der Waals surface area contributed by atoms with Gasteiger partial charge in [-0.2, -0.15) is 0 Å². The highest BCUT2D eigenvalue weighted by Gasteiger charge is 2.09. The van der Waals surface area contributed by atoms with Crippen molar-refractivity contribution in [2.75, 3.05) is 5.73 Å². The standard InChI is InChI=1S/C25H26N2O/c1-17-15-24(21-9-11-23(26)12-10-21)18(2)13-22(17)14-19(3)25(28)27-16-20-7-5-4-6-8-20/h4-15H,16,26H2,1-3H3,(H,27,28)/b19-14+. The minimum atomic E-state index is -0.0523. The summed E-state index contributed by atoms with van der Waals surface area (Å²) in [5.74, 6) is -0.0523. The Labute approximate surface area is 166 Å². The van der Waals surface area contributed by atoms with Crippen molar-refractivity contribution < 1.29 is 4.79 Å². The third-order valence-corrected chi connectivity index (χ3v) is 4.86. The summed E-state index contributed by atoms with van der Waals surface area (Å²) in [5.41, 5.74) is 14.0. The number of nitrogen functional groups attached to an aromatic ring is 1. The summed E-state index contributed by atoms with van der Waals surface area (Å²) >= 11 is 0. The molecular formula is C25H26N2O. The number of anilines is 1. The molecule has 0 aromatic heterocycles. The van der Waals surface area contributed by atoms with E-state index in [-0.39, 0.29) is 5.91 Å². The predicted molar refractivity (Wildman–Crippen MR) is 118 cm³/mol. The van der Waals surface area contributed by atoms with E-state index in [1.165, 1.54) is 11.1 Å². The lowest BCUT2D eigenvalue weighted by atomic mass is 9.94. The highest BCUT2D eigenvalue weighted by atomic mass is 16.1. The maximum Gasteiger partial charge on any atom is 0.247 e. The largest absolute Gasteiger partial charge is 0.399 e. The van der Waals surface area contributed by atoms with E-state index in [1.807, 2.05) is 67.6 Å². The molecule has 142 valence electrons. The first kappa shape index (κ1) is 19.4. The Balaban J connectivity index is 1.78. The van der Waals surface area contributed by atoms with Crippen LogP contribution in [0, 0.1) is 13.8 Å². The van der Waals surface area contributed by atoms with Crippen molar-refractivity contribution in [3.8, 4) is 11.1 Å². The van der Waals surface area contributed by atoms with Crippen LogP contribution in [0.2, 0.25) is 0 Å². The quantitative estimate of drug-likeness (QED) is 0.475. The topological polar surface area (TPSA) is 55.1 Å². The second-order valence-corrected chi connectivity index (χ2v) is 7.14. The van der Waals surface area contributed by atoms with Gasteiger partial charge in [0, 0.05) is 17.8 Å². The van der Waals surface area contributed by atoms with E-state index in [2.05, 4.69) is 31.3 Å². The van der Waals surface area contributed by atoms with Gasteiger partial charge in [0.15, 0.2) is 0 Å². The van der Waals surface area contributed by atoms with Crippen LogP contribution in [-0.4, -0.2) is 5.91 Å². The Bertz CT molecular complexity index is 1000. The monoisotopic (exact) mass is 370 g/mol. The molecule has 3 nitrogen and oxygen atoms in total. The van der Waals surface area contributed by atoms with Crippen LogP contribution >= 0.6 is 0 Å². The lowest BCUT2D eigenvalue weighted by Gasteiger charge is -2.12. The molecule has 3 heteroatoms. The third kappa shape index (κ3) is 4.68. The summed E-state index contributed by atoms with van der Waals surface area (Å²) in [5, 5.41) is 2.98. The number of nitrogens with two attached hydrogens (primary N) is 1. The molecular weight excluding hydrogens is 344 g/mol. The van der Waals surface area contributed by atoms with Crippen molar-refractivity contribution in [2.45, 2.75) is 27.3 Å². The van der Waals surface area contributed by atoms with Gasteiger partial charge in [0.2, 0.25) is 5.91 Å². The molecule has 0 spiro atoms. The fourth-order valence-corrected chi connectivity index (χ4v) is 3.18. The van der Waals surface area contributed by atoms with E-state index in [1.54, 1.807) is 0 Å². The molecule has 0 bridgehead atoms. The van der Waals surface area contributed by atoms with Gasteiger partial charge in [-0.1, -0.05) is 54.6 Å².